The maximum atomic E-state index is 12.2. The van der Waals surface area contributed by atoms with Crippen LogP contribution in [0.2, 0.25) is 0 Å². The molecule has 0 aliphatic heterocycles. The van der Waals surface area contributed by atoms with Crippen molar-refractivity contribution < 1.29 is 4.79 Å². The topological polar surface area (TPSA) is 114 Å². The van der Waals surface area contributed by atoms with Gasteiger partial charge in [-0.15, -0.1) is 0 Å². The van der Waals surface area contributed by atoms with Gasteiger partial charge in [0, 0.05) is 12.4 Å². The third kappa shape index (κ3) is 1.99. The highest BCUT2D eigenvalue weighted by atomic mass is 32.1. The molecule has 100 valence electrons. The second kappa shape index (κ2) is 4.70. The SMILES string of the molecule is NC(=S)c1cn[nH]c1NC(=O)c1cnn2ccncc12. The van der Waals surface area contributed by atoms with Crippen LogP contribution in [0.15, 0.2) is 31.0 Å². The molecule has 8 nitrogen and oxygen atoms in total. The van der Waals surface area contributed by atoms with Crippen LogP contribution >= 0.6 is 12.2 Å². The minimum atomic E-state index is -0.352. The second-order valence-corrected chi connectivity index (χ2v) is 4.38. The van der Waals surface area contributed by atoms with E-state index in [9.17, 15) is 4.79 Å². The number of aromatic nitrogens is 5. The molecule has 0 aliphatic carbocycles. The quantitative estimate of drug-likeness (QED) is 0.598. The van der Waals surface area contributed by atoms with Gasteiger partial charge in [0.15, 0.2) is 0 Å². The molecule has 9 heteroatoms. The molecule has 0 fully saturated rings. The molecule has 3 heterocycles. The van der Waals surface area contributed by atoms with Gasteiger partial charge >= 0.3 is 0 Å². The van der Waals surface area contributed by atoms with E-state index in [0.29, 0.717) is 22.5 Å². The third-order valence-corrected chi connectivity index (χ3v) is 2.93. The normalized spacial score (nSPS) is 10.6. The van der Waals surface area contributed by atoms with Crippen LogP contribution in [0.3, 0.4) is 0 Å². The minimum absolute atomic E-state index is 0.149. The number of carbonyl (C=O) groups excluding carboxylic acids is 1. The first-order chi connectivity index (χ1) is 9.66. The molecule has 20 heavy (non-hydrogen) atoms. The third-order valence-electron chi connectivity index (χ3n) is 2.71. The average Bonchev–Trinajstić information content (AvgIpc) is 3.04. The number of rotatable bonds is 3. The summed E-state index contributed by atoms with van der Waals surface area (Å²) in [6.45, 7) is 0. The van der Waals surface area contributed by atoms with Crippen molar-refractivity contribution in [2.24, 2.45) is 5.73 Å². The van der Waals surface area contributed by atoms with Gasteiger partial charge in [0.25, 0.3) is 5.91 Å². The van der Waals surface area contributed by atoms with E-state index in [1.165, 1.54) is 12.4 Å². The van der Waals surface area contributed by atoms with Crippen LogP contribution in [0, 0.1) is 0 Å². The van der Waals surface area contributed by atoms with Gasteiger partial charge < -0.3 is 11.1 Å². The Morgan fingerprint density at radius 3 is 3.00 bits per heavy atom. The van der Waals surface area contributed by atoms with Gasteiger partial charge in [0.2, 0.25) is 0 Å². The monoisotopic (exact) mass is 287 g/mol. The molecule has 3 aromatic heterocycles. The highest BCUT2D eigenvalue weighted by molar-refractivity contribution is 7.80. The van der Waals surface area contributed by atoms with E-state index in [2.05, 4.69) is 25.6 Å². The number of nitrogens with one attached hydrogen (secondary N) is 2. The Hall–Kier alpha value is -2.81. The number of carbonyl (C=O) groups is 1. The first-order valence-electron chi connectivity index (χ1n) is 5.58. The lowest BCUT2D eigenvalue weighted by Gasteiger charge is -2.03. The van der Waals surface area contributed by atoms with E-state index in [4.69, 9.17) is 18.0 Å². The van der Waals surface area contributed by atoms with Crippen molar-refractivity contribution in [3.63, 3.8) is 0 Å². The summed E-state index contributed by atoms with van der Waals surface area (Å²) in [5, 5.41) is 13.2. The largest absolute Gasteiger partial charge is 0.389 e. The van der Waals surface area contributed by atoms with Crippen molar-refractivity contribution in [2.45, 2.75) is 0 Å². The van der Waals surface area contributed by atoms with Crippen LogP contribution in [0.4, 0.5) is 5.82 Å². The Morgan fingerprint density at radius 1 is 1.35 bits per heavy atom. The summed E-state index contributed by atoms with van der Waals surface area (Å²) in [5.74, 6) is 0.000454. The summed E-state index contributed by atoms with van der Waals surface area (Å²) >= 11 is 4.87. The van der Waals surface area contributed by atoms with Crippen LogP contribution < -0.4 is 11.1 Å². The van der Waals surface area contributed by atoms with Crippen LogP contribution in [-0.2, 0) is 0 Å². The zero-order chi connectivity index (χ0) is 14.1. The number of anilines is 1. The molecule has 0 atom stereocenters. The van der Waals surface area contributed by atoms with Crippen molar-refractivity contribution in [3.8, 4) is 0 Å². The predicted octanol–water partition coefficient (Wildman–Crippen LogP) is 0.339. The molecule has 3 aromatic rings. The van der Waals surface area contributed by atoms with Gasteiger partial charge in [0.05, 0.1) is 35.2 Å². The van der Waals surface area contributed by atoms with Crippen LogP contribution in [-0.4, -0.2) is 35.7 Å². The van der Waals surface area contributed by atoms with Crippen LogP contribution in [0.25, 0.3) is 5.52 Å². The highest BCUT2D eigenvalue weighted by Gasteiger charge is 2.16. The number of nitrogens with zero attached hydrogens (tertiary/aromatic N) is 4. The number of aromatic amines is 1. The maximum Gasteiger partial charge on any atom is 0.260 e. The lowest BCUT2D eigenvalue weighted by atomic mass is 10.2. The summed E-state index contributed by atoms with van der Waals surface area (Å²) < 4.78 is 1.56. The molecule has 0 aromatic carbocycles. The molecule has 1 amide bonds. The lowest BCUT2D eigenvalue weighted by molar-refractivity contribution is 0.102. The summed E-state index contributed by atoms with van der Waals surface area (Å²) in [4.78, 5) is 16.4. The number of fused-ring (bicyclic) bond motifs is 1. The number of H-pyrrole nitrogens is 1. The predicted molar refractivity (Wildman–Crippen MR) is 75.4 cm³/mol. The van der Waals surface area contributed by atoms with Crippen molar-refractivity contribution >= 4 is 34.4 Å². The zero-order valence-corrected chi connectivity index (χ0v) is 10.9. The molecule has 0 unspecified atom stereocenters. The Kier molecular flexibility index (Phi) is 2.88. The van der Waals surface area contributed by atoms with Gasteiger partial charge in [-0.3, -0.25) is 14.9 Å². The summed E-state index contributed by atoms with van der Waals surface area (Å²) in [6.07, 6.45) is 7.71. The van der Waals surface area contributed by atoms with Crippen molar-refractivity contribution in [1.82, 2.24) is 24.8 Å². The first-order valence-corrected chi connectivity index (χ1v) is 5.99. The summed E-state index contributed by atoms with van der Waals surface area (Å²) in [7, 11) is 0. The highest BCUT2D eigenvalue weighted by Crippen LogP contribution is 2.14. The van der Waals surface area contributed by atoms with Gasteiger partial charge in [0.1, 0.15) is 10.8 Å². The fourth-order valence-corrected chi connectivity index (χ4v) is 1.91. The molecule has 0 spiro atoms. The van der Waals surface area contributed by atoms with Gasteiger partial charge in [-0.05, 0) is 0 Å². The van der Waals surface area contributed by atoms with E-state index in [1.807, 2.05) is 0 Å². The molecule has 0 saturated heterocycles. The van der Waals surface area contributed by atoms with E-state index in [-0.39, 0.29) is 10.9 Å². The number of hydrogen-bond acceptors (Lipinski definition) is 5. The van der Waals surface area contributed by atoms with Crippen LogP contribution in [0.5, 0.6) is 0 Å². The molecule has 4 N–H and O–H groups in total. The number of thiocarbonyl (C=S) groups is 1. The minimum Gasteiger partial charge on any atom is -0.389 e. The summed E-state index contributed by atoms with van der Waals surface area (Å²) in [5.41, 5.74) is 7.00. The van der Waals surface area contributed by atoms with Crippen molar-refractivity contribution in [1.29, 1.82) is 0 Å². The van der Waals surface area contributed by atoms with Gasteiger partial charge in [-0.2, -0.15) is 10.2 Å². The number of hydrogen-bond donors (Lipinski definition) is 3. The molecule has 3 rings (SSSR count). The van der Waals surface area contributed by atoms with E-state index in [0.717, 1.165) is 0 Å². The Balaban J connectivity index is 1.93. The molecular weight excluding hydrogens is 278 g/mol. The lowest BCUT2D eigenvalue weighted by Crippen LogP contribution is -2.16. The first kappa shape index (κ1) is 12.2. The molecule has 0 bridgehead atoms. The molecular formula is C11H9N7OS. The average molecular weight is 287 g/mol. The summed E-state index contributed by atoms with van der Waals surface area (Å²) in [6, 6.07) is 0. The molecule has 0 radical (unpaired) electrons. The number of nitrogens with two attached hydrogens (primary N) is 1. The Bertz CT molecular complexity index is 806. The Labute approximate surface area is 118 Å². The zero-order valence-electron chi connectivity index (χ0n) is 10.1. The smallest absolute Gasteiger partial charge is 0.260 e. The van der Waals surface area contributed by atoms with E-state index >= 15 is 0 Å². The van der Waals surface area contributed by atoms with Gasteiger partial charge in [-0.1, -0.05) is 12.2 Å². The molecule has 0 aliphatic rings. The number of amides is 1. The van der Waals surface area contributed by atoms with E-state index < -0.39 is 0 Å². The standard InChI is InChI=1S/C11H9N7OS/c12-9(20)7-3-14-17-10(7)16-11(19)6-4-15-18-2-1-13-5-8(6)18/h1-5H,(H2,12,20)(H2,14,16,17,19). The van der Waals surface area contributed by atoms with Gasteiger partial charge in [-0.25, -0.2) is 4.52 Å². The molecule has 0 saturated carbocycles. The van der Waals surface area contributed by atoms with E-state index in [1.54, 1.807) is 23.1 Å². The maximum absolute atomic E-state index is 12.2. The van der Waals surface area contributed by atoms with Crippen LogP contribution in [0.1, 0.15) is 15.9 Å². The fourth-order valence-electron chi connectivity index (χ4n) is 1.76. The van der Waals surface area contributed by atoms with Crippen molar-refractivity contribution in [3.05, 3.63) is 42.1 Å². The second-order valence-electron chi connectivity index (χ2n) is 3.94. The van der Waals surface area contributed by atoms with Crippen molar-refractivity contribution in [2.75, 3.05) is 5.32 Å². The fraction of sp³-hybridized carbons (Fsp3) is 0. The Morgan fingerprint density at radius 2 is 2.20 bits per heavy atom.